The van der Waals surface area contributed by atoms with Gasteiger partial charge in [-0.25, -0.2) is 14.6 Å². The van der Waals surface area contributed by atoms with Crippen LogP contribution in [0, 0.1) is 0 Å². The number of aromatic nitrogens is 4. The van der Waals surface area contributed by atoms with E-state index in [1.54, 1.807) is 29.0 Å². The summed E-state index contributed by atoms with van der Waals surface area (Å²) in [6.07, 6.45) is 5.71. The van der Waals surface area contributed by atoms with Crippen LogP contribution in [0.4, 0.5) is 0 Å². The second-order valence-corrected chi connectivity index (χ2v) is 4.79. The number of fused-ring (bicyclic) bond motifs is 1. The summed E-state index contributed by atoms with van der Waals surface area (Å²) in [5.41, 5.74) is 0.799. The summed E-state index contributed by atoms with van der Waals surface area (Å²) in [6.45, 7) is 2.72. The Morgan fingerprint density at radius 3 is 3.06 bits per heavy atom. The molecule has 0 bridgehead atoms. The molecule has 2 heterocycles. The maximum atomic E-state index is 8.93. The molecule has 0 spiro atoms. The van der Waals surface area contributed by atoms with E-state index in [1.807, 2.05) is 0 Å². The Labute approximate surface area is 104 Å². The van der Waals surface area contributed by atoms with Crippen LogP contribution in [0.3, 0.4) is 0 Å². The zero-order valence-electron chi connectivity index (χ0n) is 9.83. The van der Waals surface area contributed by atoms with Crippen LogP contribution in [0.1, 0.15) is 19.8 Å². The van der Waals surface area contributed by atoms with Crippen LogP contribution >= 0.6 is 11.8 Å². The van der Waals surface area contributed by atoms with E-state index in [-0.39, 0.29) is 6.61 Å². The molecule has 2 aromatic heterocycles. The molecule has 0 aliphatic carbocycles. The van der Waals surface area contributed by atoms with Gasteiger partial charge in [0.25, 0.3) is 0 Å². The molecule has 0 fully saturated rings. The predicted molar refractivity (Wildman–Crippen MR) is 68.0 cm³/mol. The fourth-order valence-electron chi connectivity index (χ4n) is 1.56. The molecule has 92 valence electrons. The van der Waals surface area contributed by atoms with Gasteiger partial charge in [0.15, 0.2) is 5.65 Å². The maximum absolute atomic E-state index is 8.93. The van der Waals surface area contributed by atoms with E-state index in [0.717, 1.165) is 21.8 Å². The van der Waals surface area contributed by atoms with Gasteiger partial charge in [0.1, 0.15) is 11.4 Å². The minimum Gasteiger partial charge on any atom is -0.394 e. The van der Waals surface area contributed by atoms with Gasteiger partial charge < -0.3 is 5.11 Å². The summed E-state index contributed by atoms with van der Waals surface area (Å²) in [5.74, 6) is 1.06. The lowest BCUT2D eigenvalue weighted by molar-refractivity contribution is 0.271. The van der Waals surface area contributed by atoms with E-state index in [4.69, 9.17) is 5.11 Å². The molecule has 0 radical (unpaired) electrons. The molecule has 17 heavy (non-hydrogen) atoms. The summed E-state index contributed by atoms with van der Waals surface area (Å²) in [4.78, 5) is 8.50. The molecule has 0 aliphatic rings. The first-order valence-corrected chi connectivity index (χ1v) is 6.75. The monoisotopic (exact) mass is 252 g/mol. The fourth-order valence-corrected chi connectivity index (χ4v) is 2.61. The first-order valence-electron chi connectivity index (χ1n) is 5.77. The Balaban J connectivity index is 2.24. The minimum absolute atomic E-state index is 0.0685. The summed E-state index contributed by atoms with van der Waals surface area (Å²) in [6, 6.07) is 0. The highest BCUT2D eigenvalue weighted by molar-refractivity contribution is 7.99. The zero-order valence-corrected chi connectivity index (χ0v) is 10.7. The SMILES string of the molecule is CCCCSc1ncnc2c1cnn2CCO. The van der Waals surface area contributed by atoms with Crippen molar-refractivity contribution < 1.29 is 5.11 Å². The lowest BCUT2D eigenvalue weighted by Gasteiger charge is -2.02. The van der Waals surface area contributed by atoms with Crippen LogP contribution < -0.4 is 0 Å². The molecule has 0 aromatic carbocycles. The molecule has 0 atom stereocenters. The summed E-state index contributed by atoms with van der Waals surface area (Å²) >= 11 is 1.74. The number of rotatable bonds is 6. The van der Waals surface area contributed by atoms with Gasteiger partial charge in [-0.1, -0.05) is 13.3 Å². The van der Waals surface area contributed by atoms with Crippen LogP contribution in [-0.4, -0.2) is 37.2 Å². The van der Waals surface area contributed by atoms with Crippen molar-refractivity contribution >= 4 is 22.8 Å². The highest BCUT2D eigenvalue weighted by Gasteiger charge is 2.09. The Hall–Kier alpha value is -1.14. The van der Waals surface area contributed by atoms with Crippen molar-refractivity contribution in [3.63, 3.8) is 0 Å². The molecule has 0 saturated carbocycles. The molecule has 6 heteroatoms. The van der Waals surface area contributed by atoms with Crippen molar-refractivity contribution in [2.75, 3.05) is 12.4 Å². The van der Waals surface area contributed by atoms with Crippen molar-refractivity contribution in [2.45, 2.75) is 31.3 Å². The third-order valence-corrected chi connectivity index (χ3v) is 3.54. The Bertz CT molecular complexity index is 485. The van der Waals surface area contributed by atoms with Crippen molar-refractivity contribution in [3.8, 4) is 0 Å². The fraction of sp³-hybridized carbons (Fsp3) is 0.545. The zero-order chi connectivity index (χ0) is 12.1. The molecule has 1 N–H and O–H groups in total. The van der Waals surface area contributed by atoms with Gasteiger partial charge in [0.05, 0.1) is 24.7 Å². The molecule has 0 amide bonds. The van der Waals surface area contributed by atoms with Gasteiger partial charge in [0, 0.05) is 0 Å². The van der Waals surface area contributed by atoms with E-state index < -0.39 is 0 Å². The van der Waals surface area contributed by atoms with E-state index in [9.17, 15) is 0 Å². The summed E-state index contributed by atoms with van der Waals surface area (Å²) in [5, 5.41) is 15.1. The average molecular weight is 252 g/mol. The largest absolute Gasteiger partial charge is 0.394 e. The van der Waals surface area contributed by atoms with Crippen molar-refractivity contribution in [2.24, 2.45) is 0 Å². The molecule has 0 aliphatic heterocycles. The smallest absolute Gasteiger partial charge is 0.162 e. The number of hydrogen-bond donors (Lipinski definition) is 1. The third-order valence-electron chi connectivity index (χ3n) is 2.45. The van der Waals surface area contributed by atoms with E-state index in [2.05, 4.69) is 22.0 Å². The Morgan fingerprint density at radius 2 is 2.29 bits per heavy atom. The predicted octanol–water partition coefficient (Wildman–Crippen LogP) is 1.71. The topological polar surface area (TPSA) is 63.8 Å². The van der Waals surface area contributed by atoms with Crippen LogP contribution in [0.5, 0.6) is 0 Å². The number of thioether (sulfide) groups is 1. The van der Waals surface area contributed by atoms with Crippen LogP contribution in [-0.2, 0) is 6.54 Å². The highest BCUT2D eigenvalue weighted by Crippen LogP contribution is 2.24. The van der Waals surface area contributed by atoms with Gasteiger partial charge in [0.2, 0.25) is 0 Å². The third kappa shape index (κ3) is 2.76. The van der Waals surface area contributed by atoms with Gasteiger partial charge in [-0.15, -0.1) is 11.8 Å². The minimum atomic E-state index is 0.0685. The quantitative estimate of drug-likeness (QED) is 0.482. The number of nitrogens with zero attached hydrogens (tertiary/aromatic N) is 4. The van der Waals surface area contributed by atoms with Crippen LogP contribution in [0.2, 0.25) is 0 Å². The number of aliphatic hydroxyl groups excluding tert-OH is 1. The van der Waals surface area contributed by atoms with E-state index >= 15 is 0 Å². The first kappa shape index (κ1) is 12.3. The number of aliphatic hydroxyl groups is 1. The Morgan fingerprint density at radius 1 is 1.41 bits per heavy atom. The average Bonchev–Trinajstić information content (AvgIpc) is 2.75. The normalized spacial score (nSPS) is 11.2. The maximum Gasteiger partial charge on any atom is 0.162 e. The molecular formula is C11H16N4OS. The molecule has 0 saturated heterocycles. The van der Waals surface area contributed by atoms with Crippen molar-refractivity contribution in [1.82, 2.24) is 19.7 Å². The van der Waals surface area contributed by atoms with Crippen molar-refractivity contribution in [1.29, 1.82) is 0 Å². The molecule has 2 aromatic rings. The highest BCUT2D eigenvalue weighted by atomic mass is 32.2. The number of hydrogen-bond acceptors (Lipinski definition) is 5. The first-order chi connectivity index (χ1) is 8.36. The lowest BCUT2D eigenvalue weighted by atomic mass is 10.4. The van der Waals surface area contributed by atoms with Gasteiger partial charge in [-0.05, 0) is 12.2 Å². The summed E-state index contributed by atoms with van der Waals surface area (Å²) < 4.78 is 1.71. The van der Waals surface area contributed by atoms with Gasteiger partial charge >= 0.3 is 0 Å². The van der Waals surface area contributed by atoms with Crippen LogP contribution in [0.25, 0.3) is 11.0 Å². The number of unbranched alkanes of at least 4 members (excludes halogenated alkanes) is 1. The second-order valence-electron chi connectivity index (χ2n) is 3.71. The van der Waals surface area contributed by atoms with E-state index in [0.29, 0.717) is 6.54 Å². The molecular weight excluding hydrogens is 236 g/mol. The van der Waals surface area contributed by atoms with Gasteiger partial charge in [-0.2, -0.15) is 5.10 Å². The van der Waals surface area contributed by atoms with Crippen molar-refractivity contribution in [3.05, 3.63) is 12.5 Å². The summed E-state index contributed by atoms with van der Waals surface area (Å²) in [7, 11) is 0. The standard InChI is InChI=1S/C11H16N4OS/c1-2-3-6-17-11-9-7-14-15(4-5-16)10(9)12-8-13-11/h7-8,16H,2-6H2,1H3. The molecule has 2 rings (SSSR count). The van der Waals surface area contributed by atoms with Gasteiger partial charge in [-0.3, -0.25) is 0 Å². The molecule has 5 nitrogen and oxygen atoms in total. The lowest BCUT2D eigenvalue weighted by Crippen LogP contribution is -2.04. The molecule has 0 unspecified atom stereocenters. The Kier molecular flexibility index (Phi) is 4.33. The van der Waals surface area contributed by atoms with Crippen LogP contribution in [0.15, 0.2) is 17.6 Å². The van der Waals surface area contributed by atoms with E-state index in [1.165, 1.54) is 12.8 Å². The second kappa shape index (κ2) is 5.97.